The highest BCUT2D eigenvalue weighted by molar-refractivity contribution is 5.97. The average molecular weight is 305 g/mol. The molecule has 1 fully saturated rings. The van der Waals surface area contributed by atoms with Gasteiger partial charge >= 0.3 is 0 Å². The topological polar surface area (TPSA) is 86.3 Å². The standard InChI is InChI=1S/C14H19N5O3/c1-8-11(14(21-4)19(3)16-8)13(20)18(2)7-10-15-12(22-17-10)9-5-6-9/h9H,5-7H2,1-4H3. The van der Waals surface area contributed by atoms with Gasteiger partial charge in [-0.3, -0.25) is 4.79 Å². The van der Waals surface area contributed by atoms with E-state index in [4.69, 9.17) is 9.26 Å². The van der Waals surface area contributed by atoms with Gasteiger partial charge < -0.3 is 14.2 Å². The first-order valence-electron chi connectivity index (χ1n) is 7.16. The maximum Gasteiger partial charge on any atom is 0.261 e. The molecule has 0 spiro atoms. The SMILES string of the molecule is COc1c(C(=O)N(C)Cc2noc(C3CC3)n2)c(C)nn1C. The summed E-state index contributed by atoms with van der Waals surface area (Å²) in [6.45, 7) is 2.07. The van der Waals surface area contributed by atoms with Crippen molar-refractivity contribution in [3.63, 3.8) is 0 Å². The summed E-state index contributed by atoms with van der Waals surface area (Å²) in [4.78, 5) is 18.5. The number of amides is 1. The summed E-state index contributed by atoms with van der Waals surface area (Å²) in [6.07, 6.45) is 2.20. The van der Waals surface area contributed by atoms with Gasteiger partial charge in [0.05, 0.1) is 19.3 Å². The molecule has 2 heterocycles. The van der Waals surface area contributed by atoms with Gasteiger partial charge in [-0.05, 0) is 19.8 Å². The van der Waals surface area contributed by atoms with Gasteiger partial charge in [-0.2, -0.15) is 10.1 Å². The lowest BCUT2D eigenvalue weighted by Gasteiger charge is -2.15. The lowest BCUT2D eigenvalue weighted by Crippen LogP contribution is -2.27. The van der Waals surface area contributed by atoms with Crippen molar-refractivity contribution in [3.8, 4) is 5.88 Å². The van der Waals surface area contributed by atoms with Crippen LogP contribution >= 0.6 is 0 Å². The van der Waals surface area contributed by atoms with Crippen molar-refractivity contribution in [1.82, 2.24) is 24.8 Å². The summed E-state index contributed by atoms with van der Waals surface area (Å²) in [5, 5.41) is 8.15. The lowest BCUT2D eigenvalue weighted by molar-refractivity contribution is 0.0776. The third-order valence-corrected chi connectivity index (χ3v) is 3.71. The largest absolute Gasteiger partial charge is 0.481 e. The Balaban J connectivity index is 1.76. The molecule has 8 heteroatoms. The fourth-order valence-electron chi connectivity index (χ4n) is 2.42. The smallest absolute Gasteiger partial charge is 0.261 e. The van der Waals surface area contributed by atoms with Crippen LogP contribution in [0.1, 0.15) is 46.5 Å². The molecular formula is C14H19N5O3. The van der Waals surface area contributed by atoms with E-state index in [-0.39, 0.29) is 12.5 Å². The molecule has 1 saturated carbocycles. The van der Waals surface area contributed by atoms with Gasteiger partial charge in [0, 0.05) is 20.0 Å². The summed E-state index contributed by atoms with van der Waals surface area (Å²) >= 11 is 0. The van der Waals surface area contributed by atoms with Crippen LogP contribution in [0, 0.1) is 6.92 Å². The lowest BCUT2D eigenvalue weighted by atomic mass is 10.2. The molecule has 2 aromatic rings. The van der Waals surface area contributed by atoms with Crippen LogP contribution < -0.4 is 4.74 Å². The van der Waals surface area contributed by atoms with Crippen molar-refractivity contribution >= 4 is 5.91 Å². The van der Waals surface area contributed by atoms with E-state index in [9.17, 15) is 4.79 Å². The second kappa shape index (κ2) is 5.43. The third kappa shape index (κ3) is 2.56. The Morgan fingerprint density at radius 3 is 2.86 bits per heavy atom. The maximum absolute atomic E-state index is 12.6. The number of hydrogen-bond donors (Lipinski definition) is 0. The van der Waals surface area contributed by atoms with Gasteiger partial charge in [-0.1, -0.05) is 5.16 Å². The number of carbonyl (C=O) groups excluding carboxylic acids is 1. The van der Waals surface area contributed by atoms with Crippen LogP contribution in [0.5, 0.6) is 5.88 Å². The van der Waals surface area contributed by atoms with Crippen LogP contribution in [0.25, 0.3) is 0 Å². The van der Waals surface area contributed by atoms with Gasteiger partial charge in [0.2, 0.25) is 11.8 Å². The minimum absolute atomic E-state index is 0.180. The molecule has 22 heavy (non-hydrogen) atoms. The molecular weight excluding hydrogens is 286 g/mol. The number of ether oxygens (including phenoxy) is 1. The quantitative estimate of drug-likeness (QED) is 0.827. The Hall–Kier alpha value is -2.38. The van der Waals surface area contributed by atoms with E-state index in [1.165, 1.54) is 12.0 Å². The van der Waals surface area contributed by atoms with Crippen molar-refractivity contribution in [3.05, 3.63) is 23.0 Å². The Morgan fingerprint density at radius 2 is 2.23 bits per heavy atom. The monoisotopic (exact) mass is 305 g/mol. The van der Waals surface area contributed by atoms with Crippen LogP contribution in [-0.4, -0.2) is 44.9 Å². The molecule has 8 nitrogen and oxygen atoms in total. The van der Waals surface area contributed by atoms with E-state index in [1.807, 2.05) is 0 Å². The minimum atomic E-state index is -0.180. The number of aryl methyl sites for hydroxylation is 2. The van der Waals surface area contributed by atoms with E-state index < -0.39 is 0 Å². The molecule has 0 saturated heterocycles. The van der Waals surface area contributed by atoms with Gasteiger partial charge in [-0.15, -0.1) is 0 Å². The predicted octanol–water partition coefficient (Wildman–Crippen LogP) is 1.27. The van der Waals surface area contributed by atoms with Crippen LogP contribution in [0.3, 0.4) is 0 Å². The zero-order valence-corrected chi connectivity index (χ0v) is 13.2. The number of carbonyl (C=O) groups is 1. The van der Waals surface area contributed by atoms with E-state index in [0.717, 1.165) is 12.8 Å². The summed E-state index contributed by atoms with van der Waals surface area (Å²) in [7, 11) is 4.96. The van der Waals surface area contributed by atoms with Crippen molar-refractivity contribution in [2.75, 3.05) is 14.2 Å². The van der Waals surface area contributed by atoms with E-state index in [1.54, 1.807) is 25.7 Å². The molecule has 118 valence electrons. The molecule has 0 N–H and O–H groups in total. The molecule has 0 radical (unpaired) electrons. The van der Waals surface area contributed by atoms with Gasteiger partial charge in [0.1, 0.15) is 5.56 Å². The first kappa shape index (κ1) is 14.6. The molecule has 0 aliphatic heterocycles. The second-order valence-electron chi connectivity index (χ2n) is 5.58. The van der Waals surface area contributed by atoms with E-state index >= 15 is 0 Å². The number of methoxy groups -OCH3 is 1. The summed E-state index contributed by atoms with van der Waals surface area (Å²) < 4.78 is 12.0. The highest BCUT2D eigenvalue weighted by Crippen LogP contribution is 2.38. The predicted molar refractivity (Wildman–Crippen MR) is 76.6 cm³/mol. The zero-order valence-electron chi connectivity index (χ0n) is 13.2. The van der Waals surface area contributed by atoms with Gasteiger partial charge in [-0.25, -0.2) is 4.68 Å². The highest BCUT2D eigenvalue weighted by Gasteiger charge is 2.30. The Morgan fingerprint density at radius 1 is 1.50 bits per heavy atom. The number of nitrogens with zero attached hydrogens (tertiary/aromatic N) is 5. The number of rotatable bonds is 5. The number of aromatic nitrogens is 4. The number of hydrogen-bond acceptors (Lipinski definition) is 6. The molecule has 1 amide bonds. The van der Waals surface area contributed by atoms with Crippen LogP contribution in [0.4, 0.5) is 0 Å². The van der Waals surface area contributed by atoms with Crippen LogP contribution in [-0.2, 0) is 13.6 Å². The normalized spacial score (nSPS) is 14.2. The van der Waals surface area contributed by atoms with Crippen molar-refractivity contribution < 1.29 is 14.1 Å². The third-order valence-electron chi connectivity index (χ3n) is 3.71. The summed E-state index contributed by atoms with van der Waals surface area (Å²) in [6, 6.07) is 0. The molecule has 0 atom stereocenters. The summed E-state index contributed by atoms with van der Waals surface area (Å²) in [5.41, 5.74) is 1.08. The highest BCUT2D eigenvalue weighted by atomic mass is 16.5. The summed E-state index contributed by atoms with van der Waals surface area (Å²) in [5.74, 6) is 1.86. The average Bonchev–Trinajstić information content (AvgIpc) is 3.16. The first-order valence-corrected chi connectivity index (χ1v) is 7.16. The van der Waals surface area contributed by atoms with Gasteiger partial charge in [0.15, 0.2) is 5.82 Å². The van der Waals surface area contributed by atoms with E-state index in [0.29, 0.717) is 34.8 Å². The Kier molecular flexibility index (Phi) is 3.59. The minimum Gasteiger partial charge on any atom is -0.481 e. The molecule has 0 aromatic carbocycles. The van der Waals surface area contributed by atoms with Crippen molar-refractivity contribution in [2.24, 2.45) is 7.05 Å². The molecule has 0 unspecified atom stereocenters. The molecule has 1 aliphatic carbocycles. The first-order chi connectivity index (χ1) is 10.5. The fraction of sp³-hybridized carbons (Fsp3) is 0.571. The zero-order chi connectivity index (χ0) is 15.9. The Bertz CT molecular complexity index is 701. The molecule has 3 rings (SSSR count). The van der Waals surface area contributed by atoms with E-state index in [2.05, 4.69) is 15.2 Å². The second-order valence-corrected chi connectivity index (χ2v) is 5.58. The molecule has 0 bridgehead atoms. The van der Waals surface area contributed by atoms with Gasteiger partial charge in [0.25, 0.3) is 5.91 Å². The Labute approximate surface area is 128 Å². The molecule has 1 aliphatic rings. The van der Waals surface area contributed by atoms with Crippen molar-refractivity contribution in [1.29, 1.82) is 0 Å². The fourth-order valence-corrected chi connectivity index (χ4v) is 2.42. The van der Waals surface area contributed by atoms with Crippen LogP contribution in [0.2, 0.25) is 0 Å². The maximum atomic E-state index is 12.6. The van der Waals surface area contributed by atoms with Crippen molar-refractivity contribution in [2.45, 2.75) is 32.2 Å². The van der Waals surface area contributed by atoms with Crippen LogP contribution in [0.15, 0.2) is 4.52 Å². The molecule has 2 aromatic heterocycles.